The molecule has 0 fully saturated rings. The number of carbonyl (C=O) groups excluding carboxylic acids is 1. The number of likely N-dealkylation sites (N-methyl/N-ethyl adjacent to an activating group) is 1. The van der Waals surface area contributed by atoms with E-state index in [9.17, 15) is 18.4 Å². The molecular formula is C20H14ClF2N3O3S. The molecule has 0 aliphatic carbocycles. The molecule has 6 nitrogen and oxygen atoms in total. The summed E-state index contributed by atoms with van der Waals surface area (Å²) in [5.41, 5.74) is 1.47. The molecule has 0 radical (unpaired) electrons. The van der Waals surface area contributed by atoms with Gasteiger partial charge in [-0.05, 0) is 23.6 Å². The number of thiophene rings is 1. The molecule has 154 valence electrons. The second kappa shape index (κ2) is 6.90. The first kappa shape index (κ1) is 19.2. The van der Waals surface area contributed by atoms with Gasteiger partial charge in [-0.3, -0.25) is 9.59 Å². The lowest BCUT2D eigenvalue weighted by Gasteiger charge is -2.33. The number of H-pyrrole nitrogens is 2. The Morgan fingerprint density at radius 1 is 1.23 bits per heavy atom. The Kier molecular flexibility index (Phi) is 4.42. The number of hydrogen-bond acceptors (Lipinski definition) is 4. The first-order valence-corrected chi connectivity index (χ1v) is 10.3. The summed E-state index contributed by atoms with van der Waals surface area (Å²) in [5, 5.41) is 2.59. The van der Waals surface area contributed by atoms with Gasteiger partial charge in [0.05, 0.1) is 39.9 Å². The number of rotatable bonds is 2. The van der Waals surface area contributed by atoms with Crippen LogP contribution in [0.2, 0.25) is 5.02 Å². The molecule has 0 saturated heterocycles. The maximum atomic E-state index is 14.0. The largest absolute Gasteiger partial charge is 0.373 e. The minimum atomic E-state index is -1.11. The lowest BCUT2D eigenvalue weighted by Crippen LogP contribution is -2.37. The molecule has 0 unspecified atom stereocenters. The molecule has 0 saturated carbocycles. The van der Waals surface area contributed by atoms with E-state index < -0.39 is 23.2 Å². The first-order valence-electron chi connectivity index (χ1n) is 8.99. The minimum Gasteiger partial charge on any atom is -0.373 e. The predicted octanol–water partition coefficient (Wildman–Crippen LogP) is 4.35. The van der Waals surface area contributed by atoms with Gasteiger partial charge < -0.3 is 19.6 Å². The third-order valence-corrected chi connectivity index (χ3v) is 6.73. The number of halogens is 3. The molecule has 0 spiro atoms. The molecular weight excluding hydrogens is 436 g/mol. The fourth-order valence-electron chi connectivity index (χ4n) is 3.87. The van der Waals surface area contributed by atoms with Gasteiger partial charge in [0.15, 0.2) is 11.6 Å². The minimum absolute atomic E-state index is 0.0209. The van der Waals surface area contributed by atoms with Crippen molar-refractivity contribution in [1.29, 1.82) is 0 Å². The molecule has 5 rings (SSSR count). The van der Waals surface area contributed by atoms with Crippen LogP contribution in [0.25, 0.3) is 21.0 Å². The number of nitrogens with one attached hydrogen (secondary N) is 2. The number of ether oxygens (including phenoxy) is 1. The Hall–Kier alpha value is -2.75. The quantitative estimate of drug-likeness (QED) is 0.477. The Bertz CT molecular complexity index is 1390. The van der Waals surface area contributed by atoms with Crippen LogP contribution in [0.3, 0.4) is 0 Å². The monoisotopic (exact) mass is 449 g/mol. The molecule has 1 aliphatic heterocycles. The van der Waals surface area contributed by atoms with Crippen molar-refractivity contribution >= 4 is 49.8 Å². The van der Waals surface area contributed by atoms with Gasteiger partial charge >= 0.3 is 0 Å². The summed E-state index contributed by atoms with van der Waals surface area (Å²) in [6.45, 7) is 0.247. The van der Waals surface area contributed by atoms with Gasteiger partial charge in [0.1, 0.15) is 5.69 Å². The van der Waals surface area contributed by atoms with E-state index in [1.807, 2.05) is 0 Å². The summed E-state index contributed by atoms with van der Waals surface area (Å²) in [7, 11) is 1.60. The van der Waals surface area contributed by atoms with Crippen LogP contribution >= 0.6 is 22.9 Å². The number of aromatic nitrogens is 2. The molecule has 1 atom stereocenters. The molecule has 10 heteroatoms. The van der Waals surface area contributed by atoms with Crippen molar-refractivity contribution in [3.8, 4) is 0 Å². The lowest BCUT2D eigenvalue weighted by atomic mass is 9.95. The highest BCUT2D eigenvalue weighted by molar-refractivity contribution is 7.17. The Morgan fingerprint density at radius 3 is 2.70 bits per heavy atom. The van der Waals surface area contributed by atoms with Gasteiger partial charge in [0.2, 0.25) is 0 Å². The molecule has 4 heterocycles. The summed E-state index contributed by atoms with van der Waals surface area (Å²) in [6, 6.07) is 2.98. The van der Waals surface area contributed by atoms with E-state index in [-0.39, 0.29) is 29.9 Å². The van der Waals surface area contributed by atoms with Crippen LogP contribution in [0.15, 0.2) is 28.4 Å². The van der Waals surface area contributed by atoms with Crippen LogP contribution in [-0.4, -0.2) is 34.4 Å². The second-order valence-electron chi connectivity index (χ2n) is 7.11. The van der Waals surface area contributed by atoms with E-state index in [2.05, 4.69) is 9.97 Å². The van der Waals surface area contributed by atoms with E-state index >= 15 is 0 Å². The van der Waals surface area contributed by atoms with Crippen LogP contribution in [-0.2, 0) is 11.3 Å². The van der Waals surface area contributed by atoms with Crippen molar-refractivity contribution in [2.45, 2.75) is 12.6 Å². The highest BCUT2D eigenvalue weighted by Gasteiger charge is 2.32. The number of fused-ring (bicyclic) bond motifs is 4. The van der Waals surface area contributed by atoms with E-state index in [0.717, 1.165) is 16.8 Å². The summed E-state index contributed by atoms with van der Waals surface area (Å²) < 4.78 is 34.2. The Labute approximate surface area is 177 Å². The zero-order valence-corrected chi connectivity index (χ0v) is 17.1. The number of aromatic amines is 2. The average molecular weight is 450 g/mol. The van der Waals surface area contributed by atoms with E-state index in [1.165, 1.54) is 16.2 Å². The van der Waals surface area contributed by atoms with Crippen molar-refractivity contribution in [3.63, 3.8) is 0 Å². The maximum absolute atomic E-state index is 14.0. The fraction of sp³-hybridized carbons (Fsp3) is 0.200. The predicted molar refractivity (Wildman–Crippen MR) is 110 cm³/mol. The molecule has 30 heavy (non-hydrogen) atoms. The fourth-order valence-corrected chi connectivity index (χ4v) is 5.03. The van der Waals surface area contributed by atoms with Crippen LogP contribution in [0, 0.1) is 11.6 Å². The summed E-state index contributed by atoms with van der Waals surface area (Å²) in [6.07, 6.45) is 0. The average Bonchev–Trinajstić information content (AvgIpc) is 3.30. The highest BCUT2D eigenvalue weighted by Crippen LogP contribution is 2.35. The van der Waals surface area contributed by atoms with Crippen molar-refractivity contribution in [2.75, 3.05) is 13.7 Å². The van der Waals surface area contributed by atoms with Crippen LogP contribution < -0.4 is 5.56 Å². The van der Waals surface area contributed by atoms with E-state index in [0.29, 0.717) is 27.5 Å². The highest BCUT2D eigenvalue weighted by atomic mass is 35.5. The summed E-state index contributed by atoms with van der Waals surface area (Å²) >= 11 is 7.55. The SMILES string of the molecule is CN(C(=O)c1cc2scc(Cl)c2[nH]1)[C@H]1COCc2[nH]c(=O)c3cc(F)c(F)cc3c21. The topological polar surface area (TPSA) is 78.2 Å². The van der Waals surface area contributed by atoms with Gasteiger partial charge in [-0.15, -0.1) is 11.3 Å². The summed E-state index contributed by atoms with van der Waals surface area (Å²) in [5.74, 6) is -2.49. The maximum Gasteiger partial charge on any atom is 0.270 e. The van der Waals surface area contributed by atoms with Crippen molar-refractivity contribution < 1.29 is 18.3 Å². The molecule has 0 bridgehead atoms. The smallest absolute Gasteiger partial charge is 0.270 e. The molecule has 2 N–H and O–H groups in total. The van der Waals surface area contributed by atoms with Crippen LogP contribution in [0.4, 0.5) is 8.78 Å². The number of benzene rings is 1. The van der Waals surface area contributed by atoms with Gasteiger partial charge in [-0.2, -0.15) is 0 Å². The lowest BCUT2D eigenvalue weighted by molar-refractivity contribution is 0.0333. The van der Waals surface area contributed by atoms with Crippen molar-refractivity contribution in [2.24, 2.45) is 0 Å². The molecule has 1 aliphatic rings. The van der Waals surface area contributed by atoms with Crippen molar-refractivity contribution in [3.05, 3.63) is 67.5 Å². The van der Waals surface area contributed by atoms with Crippen LogP contribution in [0.5, 0.6) is 0 Å². The zero-order chi connectivity index (χ0) is 21.2. The standard InChI is InChI=1S/C20H14ClF2N3O3S/c1-26(20(28)13-4-16-18(24-13)10(21)7-30-16)15-6-29-5-14-17(15)8-2-11(22)12(23)3-9(8)19(27)25-14/h2-4,7,15,24H,5-6H2,1H3,(H,25,27)/t15-/m0/s1. The van der Waals surface area contributed by atoms with Crippen LogP contribution in [0.1, 0.15) is 27.8 Å². The van der Waals surface area contributed by atoms with Gasteiger partial charge in [-0.25, -0.2) is 8.78 Å². The molecule has 3 aromatic heterocycles. The normalized spacial score (nSPS) is 16.2. The number of pyridine rings is 1. The van der Waals surface area contributed by atoms with Gasteiger partial charge in [-0.1, -0.05) is 11.6 Å². The van der Waals surface area contributed by atoms with Gasteiger partial charge in [0.25, 0.3) is 11.5 Å². The van der Waals surface area contributed by atoms with Gasteiger partial charge in [0, 0.05) is 23.7 Å². The van der Waals surface area contributed by atoms with Crippen molar-refractivity contribution in [1.82, 2.24) is 14.9 Å². The molecule has 4 aromatic rings. The summed E-state index contributed by atoms with van der Waals surface area (Å²) in [4.78, 5) is 32.7. The van der Waals surface area contributed by atoms with E-state index in [1.54, 1.807) is 18.5 Å². The number of carbonyl (C=O) groups is 1. The molecule has 1 amide bonds. The third-order valence-electron chi connectivity index (χ3n) is 5.37. The van der Waals surface area contributed by atoms with E-state index in [4.69, 9.17) is 16.3 Å². The number of amides is 1. The number of hydrogen-bond donors (Lipinski definition) is 2. The zero-order valence-electron chi connectivity index (χ0n) is 15.5. The number of nitrogens with zero attached hydrogens (tertiary/aromatic N) is 1. The Balaban J connectivity index is 1.62. The first-order chi connectivity index (χ1) is 14.3. The Morgan fingerprint density at radius 2 is 1.97 bits per heavy atom. The third kappa shape index (κ3) is 2.84. The molecule has 1 aromatic carbocycles. The second-order valence-corrected chi connectivity index (χ2v) is 8.43.